The van der Waals surface area contributed by atoms with E-state index in [-0.39, 0.29) is 11.3 Å². The maximum atomic E-state index is 12.2. The van der Waals surface area contributed by atoms with Crippen molar-refractivity contribution in [2.45, 2.75) is 13.8 Å². The number of hydrogen-bond donors (Lipinski definition) is 0. The third-order valence-corrected chi connectivity index (χ3v) is 3.23. The Bertz CT molecular complexity index is 765. The monoisotopic (exact) mass is 325 g/mol. The average molecular weight is 325 g/mol. The molecule has 0 bridgehead atoms. The van der Waals surface area contributed by atoms with Crippen LogP contribution in [-0.4, -0.2) is 17.3 Å². The van der Waals surface area contributed by atoms with E-state index in [0.717, 1.165) is 11.3 Å². The van der Waals surface area contributed by atoms with E-state index in [1.54, 1.807) is 12.1 Å². The molecule has 0 spiro atoms. The van der Waals surface area contributed by atoms with E-state index in [1.165, 1.54) is 24.3 Å². The van der Waals surface area contributed by atoms with E-state index in [1.807, 2.05) is 24.3 Å². The van der Waals surface area contributed by atoms with Gasteiger partial charge in [-0.25, -0.2) is 0 Å². The number of para-hydroxylation sites is 1. The number of carbonyl (C=O) groups is 1. The van der Waals surface area contributed by atoms with Crippen molar-refractivity contribution in [3.05, 3.63) is 75.8 Å². The molecule has 0 radical (unpaired) electrons. The summed E-state index contributed by atoms with van der Waals surface area (Å²) < 4.78 is 5.64. The Morgan fingerprint density at radius 3 is 2.67 bits per heavy atom. The van der Waals surface area contributed by atoms with Crippen molar-refractivity contribution in [1.29, 1.82) is 0 Å². The molecule has 0 heterocycles. The molecule has 2 aromatic rings. The van der Waals surface area contributed by atoms with Crippen LogP contribution in [0.3, 0.4) is 0 Å². The Morgan fingerprint density at radius 2 is 1.96 bits per heavy atom. The second-order valence-electron chi connectivity index (χ2n) is 5.75. The lowest BCUT2D eigenvalue weighted by atomic mass is 10.1. The van der Waals surface area contributed by atoms with Crippen molar-refractivity contribution in [3.8, 4) is 5.75 Å². The van der Waals surface area contributed by atoms with Gasteiger partial charge in [0, 0.05) is 6.07 Å². The van der Waals surface area contributed by atoms with Gasteiger partial charge >= 0.3 is 0 Å². The zero-order chi connectivity index (χ0) is 17.5. The van der Waals surface area contributed by atoms with Crippen molar-refractivity contribution in [3.63, 3.8) is 0 Å². The number of allylic oxidation sites excluding steroid dienone is 1. The molecule has 24 heavy (non-hydrogen) atoms. The Labute approximate surface area is 140 Å². The molecule has 0 aromatic heterocycles. The first kappa shape index (κ1) is 17.4. The maximum Gasteiger partial charge on any atom is 0.280 e. The van der Waals surface area contributed by atoms with Crippen molar-refractivity contribution in [1.82, 2.24) is 0 Å². The van der Waals surface area contributed by atoms with Crippen LogP contribution in [0.15, 0.2) is 54.6 Å². The molecular formula is C19H19NO4. The van der Waals surface area contributed by atoms with Gasteiger partial charge in [-0.15, -0.1) is 0 Å². The lowest BCUT2D eigenvalue weighted by molar-refractivity contribution is -0.385. The highest BCUT2D eigenvalue weighted by molar-refractivity contribution is 6.09. The molecule has 0 unspecified atom stereocenters. The lowest BCUT2D eigenvalue weighted by Gasteiger charge is -2.08. The molecular weight excluding hydrogens is 306 g/mol. The molecule has 5 nitrogen and oxygen atoms in total. The standard InChI is InChI=1S/C19H19NO4/c1-14(2)13-24-16-7-5-6-15(12-16)10-11-19(21)17-8-3-4-9-18(17)20(22)23/h3-12,14H,13H2,1-2H3/b11-10+. The van der Waals surface area contributed by atoms with E-state index in [9.17, 15) is 14.9 Å². The summed E-state index contributed by atoms with van der Waals surface area (Å²) in [7, 11) is 0. The number of hydrogen-bond acceptors (Lipinski definition) is 4. The van der Waals surface area contributed by atoms with Gasteiger partial charge in [-0.2, -0.15) is 0 Å². The summed E-state index contributed by atoms with van der Waals surface area (Å²) >= 11 is 0. The number of benzene rings is 2. The van der Waals surface area contributed by atoms with Crippen LogP contribution < -0.4 is 4.74 Å². The molecule has 2 aromatic carbocycles. The van der Waals surface area contributed by atoms with Crippen LogP contribution in [0.2, 0.25) is 0 Å². The predicted octanol–water partition coefficient (Wildman–Crippen LogP) is 4.53. The van der Waals surface area contributed by atoms with E-state index in [4.69, 9.17) is 4.74 Å². The lowest BCUT2D eigenvalue weighted by Crippen LogP contribution is -2.04. The van der Waals surface area contributed by atoms with Crippen molar-refractivity contribution in [2.75, 3.05) is 6.61 Å². The topological polar surface area (TPSA) is 69.4 Å². The van der Waals surface area contributed by atoms with E-state index < -0.39 is 10.7 Å². The third-order valence-electron chi connectivity index (χ3n) is 3.23. The predicted molar refractivity (Wildman–Crippen MR) is 93.2 cm³/mol. The number of nitro benzene ring substituents is 1. The van der Waals surface area contributed by atoms with Gasteiger partial charge in [-0.05, 0) is 35.8 Å². The summed E-state index contributed by atoms with van der Waals surface area (Å²) in [5.74, 6) is 0.740. The van der Waals surface area contributed by atoms with Gasteiger partial charge in [0.15, 0.2) is 5.78 Å². The molecule has 5 heteroatoms. The number of rotatable bonds is 7. The first-order valence-electron chi connectivity index (χ1n) is 7.66. The van der Waals surface area contributed by atoms with Gasteiger partial charge < -0.3 is 4.74 Å². The normalized spacial score (nSPS) is 11.0. The minimum absolute atomic E-state index is 0.0750. The molecule has 0 N–H and O–H groups in total. The fourth-order valence-electron chi connectivity index (χ4n) is 2.07. The van der Waals surface area contributed by atoms with Crippen molar-refractivity contribution >= 4 is 17.5 Å². The summed E-state index contributed by atoms with van der Waals surface area (Å²) in [4.78, 5) is 22.7. The van der Waals surface area contributed by atoms with Gasteiger partial charge in [0.05, 0.1) is 17.1 Å². The van der Waals surface area contributed by atoms with E-state index >= 15 is 0 Å². The highest BCUT2D eigenvalue weighted by Gasteiger charge is 2.16. The number of nitro groups is 1. The Hall–Kier alpha value is -2.95. The second kappa shape index (κ2) is 8.06. The van der Waals surface area contributed by atoms with Gasteiger partial charge in [-0.3, -0.25) is 14.9 Å². The zero-order valence-corrected chi connectivity index (χ0v) is 13.6. The second-order valence-corrected chi connectivity index (χ2v) is 5.75. The first-order valence-corrected chi connectivity index (χ1v) is 7.66. The molecule has 0 atom stereocenters. The van der Waals surface area contributed by atoms with Gasteiger partial charge in [0.1, 0.15) is 5.75 Å². The SMILES string of the molecule is CC(C)COc1cccc(/C=C/C(=O)c2ccccc2[N+](=O)[O-])c1. The molecule has 0 fully saturated rings. The molecule has 0 saturated heterocycles. The van der Waals surface area contributed by atoms with Crippen molar-refractivity contribution < 1.29 is 14.5 Å². The van der Waals surface area contributed by atoms with E-state index in [0.29, 0.717) is 12.5 Å². The molecule has 0 amide bonds. The first-order chi connectivity index (χ1) is 11.5. The molecule has 0 aliphatic carbocycles. The summed E-state index contributed by atoms with van der Waals surface area (Å²) in [6.07, 6.45) is 2.96. The summed E-state index contributed by atoms with van der Waals surface area (Å²) in [6.45, 7) is 4.74. The van der Waals surface area contributed by atoms with E-state index in [2.05, 4.69) is 13.8 Å². The molecule has 0 aliphatic rings. The van der Waals surface area contributed by atoms with Crippen LogP contribution >= 0.6 is 0 Å². The smallest absolute Gasteiger partial charge is 0.280 e. The Kier molecular flexibility index (Phi) is 5.84. The van der Waals surface area contributed by atoms with Crippen LogP contribution in [0.1, 0.15) is 29.8 Å². The van der Waals surface area contributed by atoms with Gasteiger partial charge in [0.25, 0.3) is 5.69 Å². The highest BCUT2D eigenvalue weighted by atomic mass is 16.6. The summed E-state index contributed by atoms with van der Waals surface area (Å²) in [5.41, 5.74) is 0.676. The summed E-state index contributed by atoms with van der Waals surface area (Å²) in [5, 5.41) is 11.0. The van der Waals surface area contributed by atoms with Crippen LogP contribution in [0.5, 0.6) is 5.75 Å². The minimum atomic E-state index is -0.554. The Balaban J connectivity index is 2.15. The highest BCUT2D eigenvalue weighted by Crippen LogP contribution is 2.20. The molecule has 2 rings (SSSR count). The maximum absolute atomic E-state index is 12.2. The van der Waals surface area contributed by atoms with Crippen LogP contribution in [0.25, 0.3) is 6.08 Å². The number of ether oxygens (including phenoxy) is 1. The number of ketones is 1. The minimum Gasteiger partial charge on any atom is -0.493 e. The zero-order valence-electron chi connectivity index (χ0n) is 13.6. The molecule has 0 aliphatic heterocycles. The largest absolute Gasteiger partial charge is 0.493 e. The van der Waals surface area contributed by atoms with Gasteiger partial charge in [-0.1, -0.05) is 44.2 Å². The van der Waals surface area contributed by atoms with Crippen LogP contribution in [0.4, 0.5) is 5.69 Å². The summed E-state index contributed by atoms with van der Waals surface area (Å²) in [6, 6.07) is 13.3. The third kappa shape index (κ3) is 4.78. The number of carbonyl (C=O) groups excluding carboxylic acids is 1. The number of nitrogens with zero attached hydrogens (tertiary/aromatic N) is 1. The van der Waals surface area contributed by atoms with Gasteiger partial charge in [0.2, 0.25) is 0 Å². The molecule has 0 saturated carbocycles. The fraction of sp³-hybridized carbons (Fsp3) is 0.211. The van der Waals surface area contributed by atoms with Crippen molar-refractivity contribution in [2.24, 2.45) is 5.92 Å². The Morgan fingerprint density at radius 1 is 1.21 bits per heavy atom. The average Bonchev–Trinajstić information content (AvgIpc) is 2.58. The molecule has 124 valence electrons. The van der Waals surface area contributed by atoms with Crippen LogP contribution in [-0.2, 0) is 0 Å². The van der Waals surface area contributed by atoms with Crippen LogP contribution in [0, 0.1) is 16.0 Å². The quantitative estimate of drug-likeness (QED) is 0.325. The fourth-order valence-corrected chi connectivity index (χ4v) is 2.07.